The number of hydrogen-bond donors (Lipinski definition) is 1. The Kier molecular flexibility index (Phi) is 5.97. The molecule has 0 bridgehead atoms. The normalized spacial score (nSPS) is 11.1. The third-order valence-corrected chi connectivity index (χ3v) is 4.14. The van der Waals surface area contributed by atoms with E-state index in [0.29, 0.717) is 22.7 Å². The minimum absolute atomic E-state index is 0.271. The van der Waals surface area contributed by atoms with Gasteiger partial charge in [0.15, 0.2) is 17.3 Å². The van der Waals surface area contributed by atoms with Gasteiger partial charge < -0.3 is 9.47 Å². The van der Waals surface area contributed by atoms with Gasteiger partial charge >= 0.3 is 0 Å². The summed E-state index contributed by atoms with van der Waals surface area (Å²) in [4.78, 5) is 0. The predicted octanol–water partition coefficient (Wildman–Crippen LogP) is 4.11. The molecule has 2 aromatic carbocycles. The van der Waals surface area contributed by atoms with Crippen LogP contribution in [0.4, 0.5) is 4.39 Å². The van der Waals surface area contributed by atoms with E-state index in [1.807, 2.05) is 19.1 Å². The highest BCUT2D eigenvalue weighted by Crippen LogP contribution is 2.31. The maximum Gasteiger partial charge on any atom is 0.216 e. The summed E-state index contributed by atoms with van der Waals surface area (Å²) in [6.45, 7) is 2.24. The molecule has 3 rings (SSSR count). The molecule has 1 aromatic heterocycles. The highest BCUT2D eigenvalue weighted by Gasteiger charge is 2.10. The quantitative estimate of drug-likeness (QED) is 0.490. The number of methoxy groups -OCH3 is 1. The van der Waals surface area contributed by atoms with Crippen molar-refractivity contribution in [3.05, 3.63) is 70.0 Å². The second-order valence-corrected chi connectivity index (χ2v) is 6.04. The topological polar surface area (TPSA) is 64.4 Å². The molecule has 0 aliphatic rings. The van der Waals surface area contributed by atoms with E-state index in [0.717, 1.165) is 17.0 Å². The SMILES string of the molecule is CCc1n[nH]c(=S)n1/N=C/c1cccc(OC)c1OCc1ccc(F)cc1. The number of nitrogens with one attached hydrogen (secondary N) is 1. The molecule has 0 radical (unpaired) electrons. The summed E-state index contributed by atoms with van der Waals surface area (Å²) < 4.78 is 26.4. The summed E-state index contributed by atoms with van der Waals surface area (Å²) in [6, 6.07) is 11.7. The largest absolute Gasteiger partial charge is 0.493 e. The van der Waals surface area contributed by atoms with Crippen molar-refractivity contribution in [1.82, 2.24) is 14.9 Å². The number of H-pyrrole nitrogens is 1. The average molecular weight is 386 g/mol. The first-order valence-electron chi connectivity index (χ1n) is 8.37. The van der Waals surface area contributed by atoms with Crippen LogP contribution in [0.1, 0.15) is 23.9 Å². The lowest BCUT2D eigenvalue weighted by Gasteiger charge is -2.13. The summed E-state index contributed by atoms with van der Waals surface area (Å²) in [5, 5.41) is 11.3. The molecule has 6 nitrogen and oxygen atoms in total. The maximum absolute atomic E-state index is 13.1. The molecular formula is C19H19FN4O2S. The second kappa shape index (κ2) is 8.59. The van der Waals surface area contributed by atoms with Crippen molar-refractivity contribution in [3.63, 3.8) is 0 Å². The molecule has 8 heteroatoms. The van der Waals surface area contributed by atoms with Gasteiger partial charge in [-0.15, -0.1) is 0 Å². The lowest BCUT2D eigenvalue weighted by atomic mass is 10.2. The highest BCUT2D eigenvalue weighted by molar-refractivity contribution is 7.71. The van der Waals surface area contributed by atoms with E-state index < -0.39 is 0 Å². The van der Waals surface area contributed by atoms with Gasteiger partial charge in [-0.1, -0.05) is 25.1 Å². The number of hydrogen-bond acceptors (Lipinski definition) is 5. The molecule has 27 heavy (non-hydrogen) atoms. The lowest BCUT2D eigenvalue weighted by molar-refractivity contribution is 0.284. The summed E-state index contributed by atoms with van der Waals surface area (Å²) in [7, 11) is 1.57. The van der Waals surface area contributed by atoms with Crippen LogP contribution in [0.25, 0.3) is 0 Å². The first-order valence-corrected chi connectivity index (χ1v) is 8.78. The number of benzene rings is 2. The minimum atomic E-state index is -0.285. The number of nitrogens with zero attached hydrogens (tertiary/aromatic N) is 3. The number of para-hydroxylation sites is 1. The Labute approximate surface area is 161 Å². The van der Waals surface area contributed by atoms with Gasteiger partial charge in [0, 0.05) is 12.0 Å². The fraction of sp³-hybridized carbons (Fsp3) is 0.211. The lowest BCUT2D eigenvalue weighted by Crippen LogP contribution is -2.02. The van der Waals surface area contributed by atoms with E-state index >= 15 is 0 Å². The van der Waals surface area contributed by atoms with Crippen molar-refractivity contribution in [2.24, 2.45) is 5.10 Å². The zero-order valence-electron chi connectivity index (χ0n) is 15.0. The highest BCUT2D eigenvalue weighted by atomic mass is 32.1. The van der Waals surface area contributed by atoms with Gasteiger partial charge in [0.2, 0.25) is 4.77 Å². The smallest absolute Gasteiger partial charge is 0.216 e. The number of aromatic nitrogens is 3. The number of halogens is 1. The van der Waals surface area contributed by atoms with Crippen LogP contribution in [0.15, 0.2) is 47.6 Å². The van der Waals surface area contributed by atoms with Crippen molar-refractivity contribution in [2.75, 3.05) is 7.11 Å². The fourth-order valence-electron chi connectivity index (χ4n) is 2.48. The van der Waals surface area contributed by atoms with Crippen LogP contribution < -0.4 is 9.47 Å². The molecule has 0 fully saturated rings. The Bertz CT molecular complexity index is 996. The third-order valence-electron chi connectivity index (χ3n) is 3.87. The standard InChI is InChI=1S/C19H19FN4O2S/c1-3-17-22-23-19(27)24(17)21-11-14-5-4-6-16(25-2)18(14)26-12-13-7-9-15(20)10-8-13/h4-11H,3,12H2,1-2H3,(H,23,27)/b21-11+. The molecule has 0 unspecified atom stereocenters. The Morgan fingerprint density at radius 2 is 2.04 bits per heavy atom. The number of aryl methyl sites for hydroxylation is 1. The van der Waals surface area contributed by atoms with Crippen LogP contribution in [0.3, 0.4) is 0 Å². The van der Waals surface area contributed by atoms with Gasteiger partial charge in [0.05, 0.1) is 13.3 Å². The Morgan fingerprint density at radius 3 is 2.74 bits per heavy atom. The molecule has 1 N–H and O–H groups in total. The number of rotatable bonds is 7. The van der Waals surface area contributed by atoms with E-state index in [1.165, 1.54) is 12.1 Å². The van der Waals surface area contributed by atoms with E-state index in [9.17, 15) is 4.39 Å². The predicted molar refractivity (Wildman–Crippen MR) is 104 cm³/mol. The van der Waals surface area contributed by atoms with Crippen molar-refractivity contribution < 1.29 is 13.9 Å². The Morgan fingerprint density at radius 1 is 1.26 bits per heavy atom. The van der Waals surface area contributed by atoms with Crippen LogP contribution in [0.5, 0.6) is 11.5 Å². The van der Waals surface area contributed by atoms with E-state index in [-0.39, 0.29) is 12.4 Å². The number of aromatic amines is 1. The fourth-order valence-corrected chi connectivity index (χ4v) is 2.68. The number of ether oxygens (including phenoxy) is 2. The van der Waals surface area contributed by atoms with E-state index in [1.54, 1.807) is 36.2 Å². The molecule has 1 heterocycles. The minimum Gasteiger partial charge on any atom is -0.493 e. The van der Waals surface area contributed by atoms with Gasteiger partial charge in [-0.25, -0.2) is 4.39 Å². The van der Waals surface area contributed by atoms with Crippen molar-refractivity contribution in [3.8, 4) is 11.5 Å². The van der Waals surface area contributed by atoms with E-state index in [4.69, 9.17) is 21.7 Å². The molecule has 0 spiro atoms. The molecule has 3 aromatic rings. The van der Waals surface area contributed by atoms with Crippen molar-refractivity contribution >= 4 is 18.4 Å². The molecule has 0 atom stereocenters. The summed E-state index contributed by atoms with van der Waals surface area (Å²) in [6.07, 6.45) is 2.34. The molecule has 0 aliphatic heterocycles. The first-order chi connectivity index (χ1) is 13.1. The van der Waals surface area contributed by atoms with Crippen LogP contribution in [-0.2, 0) is 13.0 Å². The van der Waals surface area contributed by atoms with Gasteiger partial charge in [0.1, 0.15) is 12.4 Å². The Hall–Kier alpha value is -3.00. The van der Waals surface area contributed by atoms with Gasteiger partial charge in [-0.2, -0.15) is 14.9 Å². The van der Waals surface area contributed by atoms with Crippen LogP contribution in [0.2, 0.25) is 0 Å². The Balaban J connectivity index is 1.89. The van der Waals surface area contributed by atoms with Gasteiger partial charge in [0.25, 0.3) is 0 Å². The second-order valence-electron chi connectivity index (χ2n) is 5.65. The average Bonchev–Trinajstić information content (AvgIpc) is 3.05. The maximum atomic E-state index is 13.1. The van der Waals surface area contributed by atoms with Crippen LogP contribution >= 0.6 is 12.2 Å². The van der Waals surface area contributed by atoms with Crippen LogP contribution in [0, 0.1) is 10.6 Å². The summed E-state index contributed by atoms with van der Waals surface area (Å²) in [5.41, 5.74) is 1.57. The zero-order chi connectivity index (χ0) is 19.2. The summed E-state index contributed by atoms with van der Waals surface area (Å²) in [5.74, 6) is 1.56. The van der Waals surface area contributed by atoms with Crippen LogP contribution in [-0.4, -0.2) is 28.2 Å². The zero-order valence-corrected chi connectivity index (χ0v) is 15.8. The van der Waals surface area contributed by atoms with Gasteiger partial charge in [-0.05, 0) is 42.0 Å². The third kappa shape index (κ3) is 4.40. The molecule has 0 amide bonds. The first kappa shape index (κ1) is 18.8. The molecule has 0 saturated heterocycles. The monoisotopic (exact) mass is 386 g/mol. The van der Waals surface area contributed by atoms with Gasteiger partial charge in [-0.3, -0.25) is 5.10 Å². The molecule has 140 valence electrons. The molecule has 0 saturated carbocycles. The summed E-state index contributed by atoms with van der Waals surface area (Å²) >= 11 is 5.21. The van der Waals surface area contributed by atoms with Crippen molar-refractivity contribution in [1.29, 1.82) is 0 Å². The van der Waals surface area contributed by atoms with E-state index in [2.05, 4.69) is 15.3 Å². The van der Waals surface area contributed by atoms with Crippen molar-refractivity contribution in [2.45, 2.75) is 20.0 Å². The molecular weight excluding hydrogens is 367 g/mol. The molecule has 0 aliphatic carbocycles.